The van der Waals surface area contributed by atoms with Gasteiger partial charge in [-0.2, -0.15) is 0 Å². The average molecular weight is 558 g/mol. The molecular formula is C30H39NO9. The number of hydrogen-bond acceptors (Lipinski definition) is 9. The molecule has 218 valence electrons. The maximum atomic E-state index is 13.2. The summed E-state index contributed by atoms with van der Waals surface area (Å²) in [6.07, 6.45) is -2.67. The molecule has 0 fully saturated rings. The Kier molecular flexibility index (Phi) is 9.41. The lowest BCUT2D eigenvalue weighted by molar-refractivity contribution is -0.151. The standard InChI is InChI=1S/C30H39NO9/c1-28(2,3)17-31-19-6-4-18(5-7-19)20-8-9-23(34)27-21(20)13-29(39,14-25(27)36)16-30(40,10-11-32)22(15-33)24(35)12-26(37)38/h4-9,22,31-34,39-40H,10-17H2,1-3H3,(H,37,38). The van der Waals surface area contributed by atoms with Crippen LogP contribution in [0, 0.1) is 11.3 Å². The number of fused-ring (bicyclic) bond motifs is 1. The molecule has 3 atom stereocenters. The number of rotatable bonds is 12. The van der Waals surface area contributed by atoms with Crippen molar-refractivity contribution in [2.24, 2.45) is 11.3 Å². The summed E-state index contributed by atoms with van der Waals surface area (Å²) >= 11 is 0. The van der Waals surface area contributed by atoms with E-state index in [0.717, 1.165) is 17.8 Å². The zero-order valence-electron chi connectivity index (χ0n) is 23.1. The largest absolute Gasteiger partial charge is 0.507 e. The number of Topliss-reactive ketones (excluding diaryl/α,β-unsaturated/α-hetero) is 2. The second-order valence-electron chi connectivity index (χ2n) is 12.0. The van der Waals surface area contributed by atoms with E-state index in [1.165, 1.54) is 6.07 Å². The maximum Gasteiger partial charge on any atom is 0.310 e. The molecular weight excluding hydrogens is 518 g/mol. The van der Waals surface area contributed by atoms with Gasteiger partial charge in [-0.25, -0.2) is 0 Å². The minimum absolute atomic E-state index is 0.0588. The van der Waals surface area contributed by atoms with Gasteiger partial charge in [0.15, 0.2) is 11.6 Å². The fraction of sp³-hybridized carbons (Fsp3) is 0.500. The SMILES string of the molecule is CC(C)(C)CNc1ccc(-c2ccc(O)c3c2CC(O)(CC(O)(CCO)C(CO)C(=O)CC(=O)O)CC3=O)cc1. The van der Waals surface area contributed by atoms with Crippen molar-refractivity contribution in [1.29, 1.82) is 0 Å². The van der Waals surface area contributed by atoms with E-state index in [-0.39, 0.29) is 23.1 Å². The summed E-state index contributed by atoms with van der Waals surface area (Å²) in [7, 11) is 0. The van der Waals surface area contributed by atoms with Crippen LogP contribution >= 0.6 is 0 Å². The summed E-state index contributed by atoms with van der Waals surface area (Å²) < 4.78 is 0. The molecule has 0 spiro atoms. The summed E-state index contributed by atoms with van der Waals surface area (Å²) in [5.41, 5.74) is -1.40. The van der Waals surface area contributed by atoms with Crippen LogP contribution in [0.5, 0.6) is 5.75 Å². The minimum Gasteiger partial charge on any atom is -0.507 e. The lowest BCUT2D eigenvalue weighted by Crippen LogP contribution is -2.53. The van der Waals surface area contributed by atoms with Crippen LogP contribution in [0.15, 0.2) is 36.4 Å². The Morgan fingerprint density at radius 1 is 1.05 bits per heavy atom. The number of aliphatic carboxylic acids is 1. The van der Waals surface area contributed by atoms with Gasteiger partial charge in [0.1, 0.15) is 12.2 Å². The van der Waals surface area contributed by atoms with Crippen LogP contribution in [0.4, 0.5) is 5.69 Å². The average Bonchev–Trinajstić information content (AvgIpc) is 2.82. The van der Waals surface area contributed by atoms with Gasteiger partial charge >= 0.3 is 5.97 Å². The Bertz CT molecular complexity index is 1250. The van der Waals surface area contributed by atoms with Crippen molar-refractivity contribution in [3.8, 4) is 16.9 Å². The van der Waals surface area contributed by atoms with Crippen LogP contribution < -0.4 is 5.32 Å². The molecule has 0 saturated heterocycles. The highest BCUT2D eigenvalue weighted by atomic mass is 16.4. The van der Waals surface area contributed by atoms with E-state index < -0.39 is 73.6 Å². The van der Waals surface area contributed by atoms with E-state index in [9.17, 15) is 39.9 Å². The second kappa shape index (κ2) is 12.1. The van der Waals surface area contributed by atoms with Gasteiger partial charge < -0.3 is 36.0 Å². The normalized spacial score (nSPS) is 19.4. The minimum atomic E-state index is -2.19. The van der Waals surface area contributed by atoms with Gasteiger partial charge in [-0.1, -0.05) is 39.0 Å². The number of carbonyl (C=O) groups is 3. The molecule has 0 bridgehead atoms. The fourth-order valence-electron chi connectivity index (χ4n) is 5.43. The van der Waals surface area contributed by atoms with Gasteiger partial charge in [-0.3, -0.25) is 14.4 Å². The number of carbonyl (C=O) groups excluding carboxylic acids is 2. The number of aliphatic hydroxyl groups excluding tert-OH is 2. The van der Waals surface area contributed by atoms with Crippen molar-refractivity contribution < 1.29 is 45.0 Å². The van der Waals surface area contributed by atoms with Crippen LogP contribution in [-0.2, 0) is 16.0 Å². The van der Waals surface area contributed by atoms with Crippen molar-refractivity contribution in [1.82, 2.24) is 0 Å². The number of aliphatic hydroxyl groups is 4. The van der Waals surface area contributed by atoms with Gasteiger partial charge in [0.2, 0.25) is 0 Å². The van der Waals surface area contributed by atoms with E-state index in [2.05, 4.69) is 26.1 Å². The van der Waals surface area contributed by atoms with Crippen molar-refractivity contribution in [2.45, 2.75) is 64.1 Å². The number of phenols is 1. The zero-order chi connectivity index (χ0) is 29.9. The molecule has 3 unspecified atom stereocenters. The number of carboxylic acids is 1. The lowest BCUT2D eigenvalue weighted by Gasteiger charge is -2.42. The molecule has 7 N–H and O–H groups in total. The first-order valence-corrected chi connectivity index (χ1v) is 13.2. The Hall–Kier alpha value is -3.31. The highest BCUT2D eigenvalue weighted by molar-refractivity contribution is 6.03. The van der Waals surface area contributed by atoms with Gasteiger partial charge in [0.05, 0.1) is 29.3 Å². The van der Waals surface area contributed by atoms with Crippen molar-refractivity contribution in [3.63, 3.8) is 0 Å². The van der Waals surface area contributed by atoms with E-state index in [1.807, 2.05) is 24.3 Å². The zero-order valence-corrected chi connectivity index (χ0v) is 23.1. The lowest BCUT2D eigenvalue weighted by atomic mass is 9.68. The number of anilines is 1. The van der Waals surface area contributed by atoms with Crippen LogP contribution in [-0.4, -0.2) is 79.1 Å². The molecule has 3 rings (SSSR count). The Labute approximate surface area is 233 Å². The second-order valence-corrected chi connectivity index (χ2v) is 12.0. The monoisotopic (exact) mass is 557 g/mol. The maximum absolute atomic E-state index is 13.2. The van der Waals surface area contributed by atoms with E-state index in [0.29, 0.717) is 11.1 Å². The topological polar surface area (TPSA) is 185 Å². The Morgan fingerprint density at radius 3 is 2.25 bits per heavy atom. The third-order valence-electron chi connectivity index (χ3n) is 7.31. The van der Waals surface area contributed by atoms with E-state index in [4.69, 9.17) is 5.11 Å². The smallest absolute Gasteiger partial charge is 0.310 e. The molecule has 0 saturated carbocycles. The summed E-state index contributed by atoms with van der Waals surface area (Å²) in [6, 6.07) is 10.5. The molecule has 40 heavy (non-hydrogen) atoms. The predicted molar refractivity (Wildman–Crippen MR) is 148 cm³/mol. The molecule has 1 aliphatic rings. The third kappa shape index (κ3) is 7.25. The van der Waals surface area contributed by atoms with Crippen LogP contribution in [0.1, 0.15) is 62.4 Å². The Morgan fingerprint density at radius 2 is 1.70 bits per heavy atom. The van der Waals surface area contributed by atoms with E-state index in [1.54, 1.807) is 6.07 Å². The fourth-order valence-corrected chi connectivity index (χ4v) is 5.43. The molecule has 0 aromatic heterocycles. The number of ketones is 2. The summed E-state index contributed by atoms with van der Waals surface area (Å²) in [5, 5.41) is 65.5. The molecule has 0 heterocycles. The third-order valence-corrected chi connectivity index (χ3v) is 7.31. The number of phenolic OH excluding ortho intramolecular Hbond substituents is 1. The molecule has 1 aliphatic carbocycles. The van der Waals surface area contributed by atoms with Gasteiger partial charge in [-0.15, -0.1) is 0 Å². The quantitative estimate of drug-likeness (QED) is 0.191. The van der Waals surface area contributed by atoms with Gasteiger partial charge in [0.25, 0.3) is 0 Å². The first-order chi connectivity index (χ1) is 18.6. The number of nitrogens with one attached hydrogen (secondary N) is 1. The highest BCUT2D eigenvalue weighted by Gasteiger charge is 2.49. The summed E-state index contributed by atoms with van der Waals surface area (Å²) in [5.74, 6) is -4.83. The highest BCUT2D eigenvalue weighted by Crippen LogP contribution is 2.44. The molecule has 0 aliphatic heterocycles. The van der Waals surface area contributed by atoms with Gasteiger partial charge in [0, 0.05) is 44.5 Å². The van der Waals surface area contributed by atoms with Gasteiger partial charge in [-0.05, 0) is 40.3 Å². The first kappa shape index (κ1) is 31.2. The van der Waals surface area contributed by atoms with Crippen LogP contribution in [0.25, 0.3) is 11.1 Å². The summed E-state index contributed by atoms with van der Waals surface area (Å²) in [6.45, 7) is 5.56. The molecule has 2 aromatic carbocycles. The van der Waals surface area contributed by atoms with Crippen molar-refractivity contribution in [2.75, 3.05) is 25.1 Å². The predicted octanol–water partition coefficient (Wildman–Crippen LogP) is 2.53. The summed E-state index contributed by atoms with van der Waals surface area (Å²) in [4.78, 5) is 36.9. The van der Waals surface area contributed by atoms with Crippen molar-refractivity contribution in [3.05, 3.63) is 47.5 Å². The number of hydrogen-bond donors (Lipinski definition) is 7. The first-order valence-electron chi connectivity index (χ1n) is 13.2. The van der Waals surface area contributed by atoms with Crippen molar-refractivity contribution >= 4 is 23.2 Å². The number of aromatic hydroxyl groups is 1. The van der Waals surface area contributed by atoms with Crippen LogP contribution in [0.2, 0.25) is 0 Å². The van der Waals surface area contributed by atoms with Crippen LogP contribution in [0.3, 0.4) is 0 Å². The Balaban J connectivity index is 1.98. The molecule has 10 heteroatoms. The van der Waals surface area contributed by atoms with E-state index >= 15 is 0 Å². The number of carboxylic acid groups (broad SMARTS) is 1. The molecule has 10 nitrogen and oxygen atoms in total. The number of benzene rings is 2. The molecule has 0 radical (unpaired) electrons. The molecule has 2 aromatic rings. The molecule has 0 amide bonds.